The molecule has 0 saturated heterocycles. The van der Waals surface area contributed by atoms with Crippen LogP contribution in [-0.4, -0.2) is 111 Å². The maximum Gasteiger partial charge on any atom is 0.349 e. The van der Waals surface area contributed by atoms with E-state index in [4.69, 9.17) is 24.1 Å². The molecule has 69 heavy (non-hydrogen) atoms. The number of aromatic nitrogens is 4. The topological polar surface area (TPSA) is 272 Å². The van der Waals surface area contributed by atoms with Crippen molar-refractivity contribution in [1.29, 1.82) is 0 Å². The van der Waals surface area contributed by atoms with Crippen LogP contribution in [0.5, 0.6) is 23.0 Å². The van der Waals surface area contributed by atoms with Crippen molar-refractivity contribution in [1.82, 2.24) is 35.1 Å². The van der Waals surface area contributed by atoms with Crippen LogP contribution in [0.1, 0.15) is 64.7 Å². The highest BCUT2D eigenvalue weighted by atomic mass is 19.1. The second-order valence-corrected chi connectivity index (χ2v) is 15.0. The number of hydrogen-bond acceptors (Lipinski definition) is 15. The maximum atomic E-state index is 13.3. The van der Waals surface area contributed by atoms with Gasteiger partial charge < -0.3 is 50.2 Å². The average molecular weight is 960 g/mol. The summed E-state index contributed by atoms with van der Waals surface area (Å²) in [5, 5.41) is 37.7. The van der Waals surface area contributed by atoms with Crippen LogP contribution in [0.15, 0.2) is 70.5 Å². The summed E-state index contributed by atoms with van der Waals surface area (Å²) in [5.41, 5.74) is -0.170. The highest BCUT2D eigenvalue weighted by Crippen LogP contribution is 2.39. The van der Waals surface area contributed by atoms with E-state index >= 15 is 0 Å². The molecule has 20 nitrogen and oxygen atoms in total. The molecule has 8 rings (SSSR count). The van der Waals surface area contributed by atoms with E-state index in [1.165, 1.54) is 59.9 Å². The molecule has 0 unspecified atom stereocenters. The van der Waals surface area contributed by atoms with E-state index < -0.39 is 82.3 Å². The molecule has 0 saturated carbocycles. The van der Waals surface area contributed by atoms with Gasteiger partial charge in [0.05, 0.1) is 19.7 Å². The first kappa shape index (κ1) is 52.0. The van der Waals surface area contributed by atoms with Gasteiger partial charge in [-0.25, -0.2) is 13.6 Å². The first-order chi connectivity index (χ1) is 32.2. The van der Waals surface area contributed by atoms with Crippen molar-refractivity contribution in [2.75, 3.05) is 40.6 Å². The SMILES string of the molecule is C.C.CCOCOC(=O)c1c(O)c2ncc(Cc3ccc(F)cc3)c3c2n(c1=O)C[C@@H](C(=O)NC)O3.CNC(=O)[C@@H]1Cn2c(=O)c(C(=O)NCCO)c(O)c3ncc(Cc4ccc(F)cc4)c(c32)O1. The van der Waals surface area contributed by atoms with Crippen LogP contribution in [0.3, 0.4) is 0 Å². The fourth-order valence-corrected chi connectivity index (χ4v) is 7.49. The number of aromatic hydroxyl groups is 2. The molecular formula is C47H51F2N7O13. The monoisotopic (exact) mass is 959 g/mol. The van der Waals surface area contributed by atoms with Gasteiger partial charge in [0.2, 0.25) is 0 Å². The third kappa shape index (κ3) is 10.5. The largest absolute Gasteiger partial charge is 0.505 e. The van der Waals surface area contributed by atoms with E-state index in [2.05, 4.69) is 25.9 Å². The lowest BCUT2D eigenvalue weighted by Gasteiger charge is -2.28. The van der Waals surface area contributed by atoms with Crippen molar-refractivity contribution in [3.05, 3.63) is 127 Å². The smallest absolute Gasteiger partial charge is 0.349 e. The van der Waals surface area contributed by atoms with E-state index in [-0.39, 0.29) is 99.9 Å². The summed E-state index contributed by atoms with van der Waals surface area (Å²) in [7, 11) is 2.86. The molecule has 0 aliphatic carbocycles. The highest BCUT2D eigenvalue weighted by molar-refractivity contribution is 6.03. The van der Waals surface area contributed by atoms with Crippen molar-refractivity contribution in [2.24, 2.45) is 0 Å². The number of nitrogens with one attached hydrogen (secondary N) is 3. The van der Waals surface area contributed by atoms with Crippen molar-refractivity contribution in [2.45, 2.75) is 59.9 Å². The number of ether oxygens (including phenoxy) is 4. The van der Waals surface area contributed by atoms with Gasteiger partial charge in [0.15, 0.2) is 47.6 Å². The predicted octanol–water partition coefficient (Wildman–Crippen LogP) is 2.82. The van der Waals surface area contributed by atoms with Crippen LogP contribution in [0.25, 0.3) is 22.1 Å². The van der Waals surface area contributed by atoms with Crippen molar-refractivity contribution < 1.29 is 62.2 Å². The van der Waals surface area contributed by atoms with Crippen LogP contribution < -0.4 is 36.5 Å². The lowest BCUT2D eigenvalue weighted by molar-refractivity contribution is -0.129. The Bertz CT molecular complexity index is 3040. The van der Waals surface area contributed by atoms with E-state index in [0.29, 0.717) is 11.1 Å². The van der Waals surface area contributed by atoms with Crippen LogP contribution >= 0.6 is 0 Å². The number of nitrogens with zero attached hydrogens (tertiary/aromatic N) is 4. The molecule has 2 aliphatic rings. The molecule has 2 aliphatic heterocycles. The van der Waals surface area contributed by atoms with E-state index in [0.717, 1.165) is 11.1 Å². The number of carbonyl (C=O) groups excluding carboxylic acids is 4. The van der Waals surface area contributed by atoms with Gasteiger partial charge in [-0.05, 0) is 42.3 Å². The lowest BCUT2D eigenvalue weighted by atomic mass is 10.0. The van der Waals surface area contributed by atoms with E-state index in [1.54, 1.807) is 31.2 Å². The van der Waals surface area contributed by atoms with Crippen LogP contribution in [0.4, 0.5) is 8.78 Å². The molecule has 4 aromatic heterocycles. The van der Waals surface area contributed by atoms with Gasteiger partial charge in [-0.3, -0.25) is 43.1 Å². The third-order valence-electron chi connectivity index (χ3n) is 10.8. The number of carbonyl (C=O) groups is 4. The number of aliphatic hydroxyl groups excluding tert-OH is 1. The second-order valence-electron chi connectivity index (χ2n) is 15.0. The molecule has 366 valence electrons. The van der Waals surface area contributed by atoms with Gasteiger partial charge in [0.1, 0.15) is 39.3 Å². The fourth-order valence-electron chi connectivity index (χ4n) is 7.49. The molecule has 6 N–H and O–H groups in total. The summed E-state index contributed by atoms with van der Waals surface area (Å²) in [6.07, 6.45) is 1.19. The number of likely N-dealkylation sites (N-methyl/N-ethyl adjacent to an activating group) is 2. The molecule has 0 bridgehead atoms. The van der Waals surface area contributed by atoms with E-state index in [9.17, 15) is 47.8 Å². The van der Waals surface area contributed by atoms with Crippen molar-refractivity contribution in [3.63, 3.8) is 0 Å². The number of aliphatic hydroxyl groups is 1. The third-order valence-corrected chi connectivity index (χ3v) is 10.8. The standard InChI is InChI=1S/C23H22FN3O7.C22H21FN4O6.2CH4/c1-3-32-11-33-23(31)16-19(28)17-18-20(34-15(21(29)25-2)10-27(18)22(16)30)13(9-26-17)8-12-4-6-14(24)7-5-12;1-24-20(30)14-10-27-17-16(18(29)15(22(27)32)21(31)25-6-7-28)26-9-12(19(17)33-14)8-11-2-4-13(23)5-3-11;;/h4-7,9,15,28H,3,8,10-11H2,1-2H3,(H,25,29);2-5,9,14,28-29H,6-8,10H2,1H3,(H,24,30)(H,25,31);2*1H4/t15-;14-;;/m00../s1. The van der Waals surface area contributed by atoms with Gasteiger partial charge in [-0.15, -0.1) is 0 Å². The second kappa shape index (κ2) is 22.2. The van der Waals surface area contributed by atoms with Crippen LogP contribution in [0.2, 0.25) is 0 Å². The summed E-state index contributed by atoms with van der Waals surface area (Å²) < 4.78 is 50.7. The molecular weight excluding hydrogens is 909 g/mol. The number of hydrogen-bond donors (Lipinski definition) is 6. The van der Waals surface area contributed by atoms with E-state index in [1.807, 2.05) is 0 Å². The maximum absolute atomic E-state index is 13.3. The Hall–Kier alpha value is -7.98. The number of benzene rings is 2. The number of esters is 1. The Morgan fingerprint density at radius 2 is 1.17 bits per heavy atom. The molecule has 0 spiro atoms. The minimum Gasteiger partial charge on any atom is -0.505 e. The summed E-state index contributed by atoms with van der Waals surface area (Å²) in [5.74, 6) is -4.66. The van der Waals surface area contributed by atoms with Gasteiger partial charge in [-0.2, -0.15) is 0 Å². The zero-order valence-corrected chi connectivity index (χ0v) is 36.1. The molecule has 3 amide bonds. The first-order valence-corrected chi connectivity index (χ1v) is 20.6. The van der Waals surface area contributed by atoms with Crippen LogP contribution in [0, 0.1) is 11.6 Å². The molecule has 6 aromatic rings. The summed E-state index contributed by atoms with van der Waals surface area (Å²) in [6, 6.07) is 11.6. The minimum absolute atomic E-state index is 0. The lowest BCUT2D eigenvalue weighted by Crippen LogP contribution is -2.45. The quantitative estimate of drug-likeness (QED) is 0.0552. The Morgan fingerprint density at radius 1 is 0.739 bits per heavy atom. The van der Waals surface area contributed by atoms with Gasteiger partial charge in [0, 0.05) is 63.6 Å². The number of rotatable bonds is 13. The Kier molecular flexibility index (Phi) is 16.7. The zero-order chi connectivity index (χ0) is 48.1. The minimum atomic E-state index is -1.08. The van der Waals surface area contributed by atoms with Gasteiger partial charge in [0.25, 0.3) is 28.8 Å². The van der Waals surface area contributed by atoms with Crippen molar-refractivity contribution in [3.8, 4) is 23.0 Å². The normalized spacial score (nSPS) is 14.1. The van der Waals surface area contributed by atoms with Crippen LogP contribution in [-0.2, 0) is 45.0 Å². The number of pyridine rings is 4. The number of halogens is 2. The highest BCUT2D eigenvalue weighted by Gasteiger charge is 2.36. The van der Waals surface area contributed by atoms with Gasteiger partial charge >= 0.3 is 5.97 Å². The zero-order valence-electron chi connectivity index (χ0n) is 36.1. The molecule has 22 heteroatoms. The Labute approximate surface area is 392 Å². The molecule has 0 radical (unpaired) electrons. The Balaban J connectivity index is 0.000000250. The molecule has 2 atom stereocenters. The Morgan fingerprint density at radius 3 is 1.59 bits per heavy atom. The average Bonchev–Trinajstić information content (AvgIpc) is 3.33. The molecule has 0 fully saturated rings. The first-order valence-electron chi connectivity index (χ1n) is 20.6. The molecule has 6 heterocycles. The predicted molar refractivity (Wildman–Crippen MR) is 246 cm³/mol. The summed E-state index contributed by atoms with van der Waals surface area (Å²) in [6.45, 7) is 0.707. The number of amides is 3. The summed E-state index contributed by atoms with van der Waals surface area (Å²) >= 11 is 0. The van der Waals surface area contributed by atoms with Crippen molar-refractivity contribution >= 4 is 45.8 Å². The fraction of sp³-hybridized carbons (Fsp3) is 0.319. The molecule has 2 aromatic carbocycles. The van der Waals surface area contributed by atoms with Gasteiger partial charge in [-0.1, -0.05) is 39.1 Å². The summed E-state index contributed by atoms with van der Waals surface area (Å²) in [4.78, 5) is 84.8.